The van der Waals surface area contributed by atoms with E-state index in [1.165, 1.54) is 0 Å². The van der Waals surface area contributed by atoms with Gasteiger partial charge in [-0.3, -0.25) is 5.32 Å². The molecular weight excluding hydrogens is 210 g/mol. The molecule has 0 aromatic rings. The van der Waals surface area contributed by atoms with Gasteiger partial charge in [-0.1, -0.05) is 0 Å². The number of carboxylic acid groups (broad SMARTS) is 1. The number of nitrogens with one attached hydrogen (secondary N) is 1. The number of carbonyl (C=O) groups is 1. The summed E-state index contributed by atoms with van der Waals surface area (Å²) in [5.74, 6) is -0.915. The average molecular weight is 227 g/mol. The Balaban J connectivity index is 1.83. The first kappa shape index (κ1) is 10.5. The Labute approximate surface area is 94.1 Å². The lowest BCUT2D eigenvalue weighted by Crippen LogP contribution is -2.62. The SMILES string of the molecule is O=C(O)C1NCC2(CC2)C2(CCOCC2)O1. The van der Waals surface area contributed by atoms with Crippen LogP contribution in [0.25, 0.3) is 0 Å². The van der Waals surface area contributed by atoms with Crippen LogP contribution < -0.4 is 5.32 Å². The monoisotopic (exact) mass is 227 g/mol. The van der Waals surface area contributed by atoms with Gasteiger partial charge in [0.15, 0.2) is 0 Å². The van der Waals surface area contributed by atoms with Crippen LogP contribution in [0, 0.1) is 5.41 Å². The molecule has 3 aliphatic rings. The second-order valence-electron chi connectivity index (χ2n) is 5.10. The van der Waals surface area contributed by atoms with Crippen molar-refractivity contribution in [3.8, 4) is 0 Å². The normalized spacial score (nSPS) is 35.1. The first-order valence-corrected chi connectivity index (χ1v) is 5.89. The van der Waals surface area contributed by atoms with E-state index in [1.54, 1.807) is 0 Å². The van der Waals surface area contributed by atoms with Crippen molar-refractivity contribution >= 4 is 5.97 Å². The van der Waals surface area contributed by atoms with Gasteiger partial charge in [0.05, 0.1) is 5.60 Å². The van der Waals surface area contributed by atoms with Crippen LogP contribution in [-0.4, -0.2) is 42.7 Å². The fourth-order valence-electron chi connectivity index (χ4n) is 3.11. The molecule has 0 aromatic heterocycles. The molecule has 2 saturated heterocycles. The summed E-state index contributed by atoms with van der Waals surface area (Å²) in [7, 11) is 0. The second kappa shape index (κ2) is 3.42. The number of carboxylic acids is 1. The summed E-state index contributed by atoms with van der Waals surface area (Å²) in [5.41, 5.74) is -0.0672. The van der Waals surface area contributed by atoms with E-state index >= 15 is 0 Å². The third kappa shape index (κ3) is 1.38. The number of rotatable bonds is 1. The molecular formula is C11H17NO4. The first-order valence-electron chi connectivity index (χ1n) is 5.89. The summed E-state index contributed by atoms with van der Waals surface area (Å²) in [6.07, 6.45) is 3.11. The molecule has 3 fully saturated rings. The lowest BCUT2D eigenvalue weighted by atomic mass is 9.76. The van der Waals surface area contributed by atoms with Crippen LogP contribution in [-0.2, 0) is 14.3 Å². The van der Waals surface area contributed by atoms with E-state index in [-0.39, 0.29) is 11.0 Å². The molecule has 1 unspecified atom stereocenters. The van der Waals surface area contributed by atoms with Gasteiger partial charge in [0.25, 0.3) is 0 Å². The highest BCUT2D eigenvalue weighted by Gasteiger charge is 2.63. The van der Waals surface area contributed by atoms with Gasteiger partial charge in [0.1, 0.15) is 0 Å². The van der Waals surface area contributed by atoms with E-state index < -0.39 is 12.2 Å². The molecule has 0 amide bonds. The highest BCUT2D eigenvalue weighted by molar-refractivity contribution is 5.72. The van der Waals surface area contributed by atoms with E-state index in [2.05, 4.69) is 5.32 Å². The van der Waals surface area contributed by atoms with Crippen molar-refractivity contribution < 1.29 is 19.4 Å². The van der Waals surface area contributed by atoms with Crippen molar-refractivity contribution in [3.05, 3.63) is 0 Å². The maximum Gasteiger partial charge on any atom is 0.348 e. The smallest absolute Gasteiger partial charge is 0.348 e. The number of aliphatic carboxylic acids is 1. The number of ether oxygens (including phenoxy) is 2. The van der Waals surface area contributed by atoms with Crippen LogP contribution in [0.2, 0.25) is 0 Å². The zero-order valence-electron chi connectivity index (χ0n) is 9.20. The molecule has 2 spiro atoms. The average Bonchev–Trinajstić information content (AvgIpc) is 3.05. The highest BCUT2D eigenvalue weighted by Crippen LogP contribution is 2.60. The van der Waals surface area contributed by atoms with Crippen LogP contribution in [0.5, 0.6) is 0 Å². The quantitative estimate of drug-likeness (QED) is 0.676. The van der Waals surface area contributed by atoms with Gasteiger partial charge in [-0.25, -0.2) is 4.79 Å². The molecule has 1 aliphatic carbocycles. The molecule has 16 heavy (non-hydrogen) atoms. The van der Waals surface area contributed by atoms with Gasteiger partial charge >= 0.3 is 5.97 Å². The highest BCUT2D eigenvalue weighted by atomic mass is 16.6. The summed E-state index contributed by atoms with van der Waals surface area (Å²) in [6, 6.07) is 0. The topological polar surface area (TPSA) is 67.8 Å². The Morgan fingerprint density at radius 3 is 2.50 bits per heavy atom. The molecule has 1 saturated carbocycles. The molecule has 5 nitrogen and oxygen atoms in total. The van der Waals surface area contributed by atoms with Crippen LogP contribution >= 0.6 is 0 Å². The number of hydrogen-bond acceptors (Lipinski definition) is 4. The lowest BCUT2D eigenvalue weighted by molar-refractivity contribution is -0.220. The molecule has 3 rings (SSSR count). The third-order valence-corrected chi connectivity index (χ3v) is 4.31. The fraction of sp³-hybridized carbons (Fsp3) is 0.909. The van der Waals surface area contributed by atoms with E-state index in [0.29, 0.717) is 13.2 Å². The van der Waals surface area contributed by atoms with E-state index in [1.807, 2.05) is 0 Å². The molecule has 0 bridgehead atoms. The Kier molecular flexibility index (Phi) is 2.24. The van der Waals surface area contributed by atoms with Crippen LogP contribution in [0.4, 0.5) is 0 Å². The Hall–Kier alpha value is -0.650. The molecule has 0 aromatic carbocycles. The second-order valence-corrected chi connectivity index (χ2v) is 5.10. The predicted molar refractivity (Wildman–Crippen MR) is 55.0 cm³/mol. The summed E-state index contributed by atoms with van der Waals surface area (Å²) >= 11 is 0. The van der Waals surface area contributed by atoms with E-state index in [0.717, 1.165) is 32.2 Å². The van der Waals surface area contributed by atoms with Gasteiger partial charge in [-0.05, 0) is 12.8 Å². The molecule has 0 radical (unpaired) electrons. The minimum absolute atomic E-state index is 0.183. The summed E-state index contributed by atoms with van der Waals surface area (Å²) in [6.45, 7) is 2.14. The van der Waals surface area contributed by atoms with Gasteiger partial charge in [-0.15, -0.1) is 0 Å². The van der Waals surface area contributed by atoms with E-state index in [4.69, 9.17) is 14.6 Å². The molecule has 90 valence electrons. The van der Waals surface area contributed by atoms with Crippen molar-refractivity contribution in [2.45, 2.75) is 37.5 Å². The molecule has 2 N–H and O–H groups in total. The van der Waals surface area contributed by atoms with Crippen molar-refractivity contribution in [2.24, 2.45) is 5.41 Å². The summed E-state index contributed by atoms with van der Waals surface area (Å²) in [4.78, 5) is 11.0. The van der Waals surface area contributed by atoms with Gasteiger partial charge in [0.2, 0.25) is 6.23 Å². The first-order chi connectivity index (χ1) is 7.68. The molecule has 5 heteroatoms. The van der Waals surface area contributed by atoms with Crippen molar-refractivity contribution in [3.63, 3.8) is 0 Å². The van der Waals surface area contributed by atoms with Crippen molar-refractivity contribution in [1.82, 2.24) is 5.32 Å². The Bertz CT molecular complexity index is 307. The largest absolute Gasteiger partial charge is 0.478 e. The Morgan fingerprint density at radius 1 is 1.25 bits per heavy atom. The fourth-order valence-corrected chi connectivity index (χ4v) is 3.11. The summed E-state index contributed by atoms with van der Waals surface area (Å²) in [5, 5.41) is 12.0. The van der Waals surface area contributed by atoms with Gasteiger partial charge in [-0.2, -0.15) is 0 Å². The van der Waals surface area contributed by atoms with Crippen LogP contribution in [0.3, 0.4) is 0 Å². The zero-order valence-corrected chi connectivity index (χ0v) is 9.20. The maximum absolute atomic E-state index is 11.0. The minimum Gasteiger partial charge on any atom is -0.478 e. The third-order valence-electron chi connectivity index (χ3n) is 4.31. The van der Waals surface area contributed by atoms with Gasteiger partial charge in [0, 0.05) is 38.0 Å². The summed E-state index contributed by atoms with van der Waals surface area (Å²) < 4.78 is 11.2. The molecule has 1 atom stereocenters. The minimum atomic E-state index is -0.915. The van der Waals surface area contributed by atoms with Crippen LogP contribution in [0.1, 0.15) is 25.7 Å². The zero-order chi connectivity index (χ0) is 11.2. The number of hydrogen-bond donors (Lipinski definition) is 2. The Morgan fingerprint density at radius 2 is 1.94 bits per heavy atom. The standard InChI is InChI=1S/C11H17NO4/c13-9(14)8-12-7-10(1-2-10)11(16-8)3-5-15-6-4-11/h8,12H,1-7H2,(H,13,14). The molecule has 2 heterocycles. The van der Waals surface area contributed by atoms with Crippen LogP contribution in [0.15, 0.2) is 0 Å². The molecule has 2 aliphatic heterocycles. The van der Waals surface area contributed by atoms with Crippen molar-refractivity contribution in [2.75, 3.05) is 19.8 Å². The van der Waals surface area contributed by atoms with Crippen molar-refractivity contribution in [1.29, 1.82) is 0 Å². The maximum atomic E-state index is 11.0. The van der Waals surface area contributed by atoms with E-state index in [9.17, 15) is 4.79 Å². The number of fused-ring (bicyclic) bond motifs is 1. The lowest BCUT2D eigenvalue weighted by Gasteiger charge is -2.49. The van der Waals surface area contributed by atoms with Gasteiger partial charge < -0.3 is 14.6 Å². The predicted octanol–water partition coefficient (Wildman–Crippen LogP) is 0.346.